The third-order valence-corrected chi connectivity index (χ3v) is 3.09. The summed E-state index contributed by atoms with van der Waals surface area (Å²) in [7, 11) is 0. The van der Waals surface area contributed by atoms with E-state index in [9.17, 15) is 0 Å². The zero-order chi connectivity index (χ0) is 11.9. The van der Waals surface area contributed by atoms with Gasteiger partial charge >= 0.3 is 0 Å². The fourth-order valence-electron chi connectivity index (χ4n) is 2.24. The Kier molecular flexibility index (Phi) is 4.85. The molecule has 0 radical (unpaired) electrons. The minimum atomic E-state index is 0.192. The Morgan fingerprint density at radius 3 is 3.12 bits per heavy atom. The summed E-state index contributed by atoms with van der Waals surface area (Å²) in [6.45, 7) is 3.76. The maximum Gasteiger partial charge on any atom is 0.115 e. The molecule has 1 atom stereocenters. The third-order valence-electron chi connectivity index (χ3n) is 3.09. The number of aliphatic hydroxyl groups excluding tert-OH is 1. The van der Waals surface area contributed by atoms with Crippen LogP contribution in [0.3, 0.4) is 0 Å². The lowest BCUT2D eigenvalue weighted by molar-refractivity contribution is 0.177. The summed E-state index contributed by atoms with van der Waals surface area (Å²) < 4.78 is 0. The van der Waals surface area contributed by atoms with Gasteiger partial charge in [0.05, 0.1) is 12.3 Å². The van der Waals surface area contributed by atoms with Gasteiger partial charge < -0.3 is 10.4 Å². The van der Waals surface area contributed by atoms with Crippen LogP contribution in [0.15, 0.2) is 18.6 Å². The highest BCUT2D eigenvalue weighted by atomic mass is 16.3. The Morgan fingerprint density at radius 2 is 2.47 bits per heavy atom. The van der Waals surface area contributed by atoms with Gasteiger partial charge in [-0.05, 0) is 25.5 Å². The molecular weight excluding hydrogens is 216 g/mol. The van der Waals surface area contributed by atoms with Crippen LogP contribution in [-0.2, 0) is 6.54 Å². The predicted molar refractivity (Wildman–Crippen MR) is 65.4 cm³/mol. The van der Waals surface area contributed by atoms with Crippen LogP contribution < -0.4 is 5.32 Å². The van der Waals surface area contributed by atoms with E-state index in [1.54, 1.807) is 12.5 Å². The Balaban J connectivity index is 1.87. The molecule has 2 rings (SSSR count). The van der Waals surface area contributed by atoms with Crippen LogP contribution in [0, 0.1) is 0 Å². The van der Waals surface area contributed by atoms with Crippen LogP contribution in [0.25, 0.3) is 0 Å². The van der Waals surface area contributed by atoms with Gasteiger partial charge in [-0.25, -0.2) is 9.97 Å². The van der Waals surface area contributed by atoms with Crippen LogP contribution in [0.2, 0.25) is 0 Å². The molecule has 1 unspecified atom stereocenters. The summed E-state index contributed by atoms with van der Waals surface area (Å²) in [6.07, 6.45) is 5.81. The van der Waals surface area contributed by atoms with E-state index in [1.807, 2.05) is 6.07 Å². The minimum absolute atomic E-state index is 0.192. The van der Waals surface area contributed by atoms with E-state index in [1.165, 1.54) is 12.8 Å². The molecule has 17 heavy (non-hydrogen) atoms. The Labute approximate surface area is 102 Å². The van der Waals surface area contributed by atoms with Gasteiger partial charge in [0, 0.05) is 31.9 Å². The maximum absolute atomic E-state index is 9.09. The van der Waals surface area contributed by atoms with E-state index in [0.717, 1.165) is 25.3 Å². The van der Waals surface area contributed by atoms with E-state index < -0.39 is 0 Å². The van der Waals surface area contributed by atoms with Crippen LogP contribution in [-0.4, -0.2) is 52.3 Å². The van der Waals surface area contributed by atoms with E-state index in [2.05, 4.69) is 20.2 Å². The van der Waals surface area contributed by atoms with Crippen molar-refractivity contribution in [3.8, 4) is 0 Å². The van der Waals surface area contributed by atoms with Crippen molar-refractivity contribution in [1.29, 1.82) is 0 Å². The number of nitrogens with zero attached hydrogens (tertiary/aromatic N) is 3. The van der Waals surface area contributed by atoms with Crippen molar-refractivity contribution in [3.05, 3.63) is 24.3 Å². The van der Waals surface area contributed by atoms with Gasteiger partial charge in [0.15, 0.2) is 0 Å². The molecule has 0 aliphatic carbocycles. The molecule has 0 amide bonds. The van der Waals surface area contributed by atoms with Gasteiger partial charge in [-0.3, -0.25) is 4.90 Å². The second kappa shape index (κ2) is 6.64. The second-order valence-electron chi connectivity index (χ2n) is 4.45. The number of nitrogens with one attached hydrogen (secondary N) is 1. The number of hydrogen-bond acceptors (Lipinski definition) is 5. The first-order valence-corrected chi connectivity index (χ1v) is 6.20. The zero-order valence-corrected chi connectivity index (χ0v) is 10.0. The molecule has 1 fully saturated rings. The standard InChI is InChI=1S/C12H20N4O/c17-7-6-16(8-11-2-1-4-14-11)9-12-3-5-13-10-15-12/h3,5,10-11,14,17H,1-2,4,6-9H2. The quantitative estimate of drug-likeness (QED) is 0.729. The molecule has 0 spiro atoms. The van der Waals surface area contributed by atoms with Crippen LogP contribution in [0.5, 0.6) is 0 Å². The predicted octanol–water partition coefficient (Wildman–Crippen LogP) is 0.0229. The van der Waals surface area contributed by atoms with Crippen molar-refractivity contribution in [1.82, 2.24) is 20.2 Å². The second-order valence-corrected chi connectivity index (χ2v) is 4.45. The summed E-state index contributed by atoms with van der Waals surface area (Å²) in [6, 6.07) is 2.48. The molecule has 94 valence electrons. The van der Waals surface area contributed by atoms with Crippen molar-refractivity contribution in [2.45, 2.75) is 25.4 Å². The summed E-state index contributed by atoms with van der Waals surface area (Å²) >= 11 is 0. The molecule has 2 heterocycles. The lowest BCUT2D eigenvalue weighted by Crippen LogP contribution is -2.38. The van der Waals surface area contributed by atoms with Crippen LogP contribution >= 0.6 is 0 Å². The summed E-state index contributed by atoms with van der Waals surface area (Å²) in [4.78, 5) is 10.4. The smallest absolute Gasteiger partial charge is 0.115 e. The Morgan fingerprint density at radius 1 is 1.53 bits per heavy atom. The number of aromatic nitrogens is 2. The maximum atomic E-state index is 9.09. The third kappa shape index (κ3) is 4.03. The first kappa shape index (κ1) is 12.4. The van der Waals surface area contributed by atoms with Crippen molar-refractivity contribution in [2.24, 2.45) is 0 Å². The molecule has 1 aliphatic heterocycles. The van der Waals surface area contributed by atoms with Crippen molar-refractivity contribution in [3.63, 3.8) is 0 Å². The molecule has 1 aromatic rings. The molecule has 5 heteroatoms. The van der Waals surface area contributed by atoms with Crippen molar-refractivity contribution >= 4 is 0 Å². The molecule has 1 saturated heterocycles. The van der Waals surface area contributed by atoms with E-state index in [0.29, 0.717) is 12.6 Å². The molecule has 0 bridgehead atoms. The highest BCUT2D eigenvalue weighted by molar-refractivity contribution is 4.97. The highest BCUT2D eigenvalue weighted by Crippen LogP contribution is 2.08. The molecule has 2 N–H and O–H groups in total. The fraction of sp³-hybridized carbons (Fsp3) is 0.667. The Bertz CT molecular complexity index is 314. The summed E-state index contributed by atoms with van der Waals surface area (Å²) in [5.74, 6) is 0. The first-order valence-electron chi connectivity index (χ1n) is 6.20. The number of rotatable bonds is 6. The number of hydrogen-bond donors (Lipinski definition) is 2. The molecule has 0 saturated carbocycles. The summed E-state index contributed by atoms with van der Waals surface area (Å²) in [5.41, 5.74) is 1.01. The lowest BCUT2D eigenvalue weighted by atomic mass is 10.2. The van der Waals surface area contributed by atoms with Crippen LogP contribution in [0.1, 0.15) is 18.5 Å². The van der Waals surface area contributed by atoms with E-state index >= 15 is 0 Å². The van der Waals surface area contributed by atoms with E-state index in [-0.39, 0.29) is 6.61 Å². The summed E-state index contributed by atoms with van der Waals surface area (Å²) in [5, 5.41) is 12.6. The van der Waals surface area contributed by atoms with Crippen LogP contribution in [0.4, 0.5) is 0 Å². The topological polar surface area (TPSA) is 61.3 Å². The Hall–Kier alpha value is -1.04. The van der Waals surface area contributed by atoms with Gasteiger partial charge in [0.1, 0.15) is 6.33 Å². The molecule has 5 nitrogen and oxygen atoms in total. The van der Waals surface area contributed by atoms with Crippen molar-refractivity contribution < 1.29 is 5.11 Å². The normalized spacial score (nSPS) is 20.0. The molecule has 1 aromatic heterocycles. The van der Waals surface area contributed by atoms with Gasteiger partial charge in [-0.1, -0.05) is 0 Å². The molecule has 1 aliphatic rings. The SMILES string of the molecule is OCCN(Cc1ccncn1)CC1CCCN1. The monoisotopic (exact) mass is 236 g/mol. The van der Waals surface area contributed by atoms with Gasteiger partial charge in [-0.2, -0.15) is 0 Å². The highest BCUT2D eigenvalue weighted by Gasteiger charge is 2.17. The fourth-order valence-corrected chi connectivity index (χ4v) is 2.24. The van der Waals surface area contributed by atoms with Crippen molar-refractivity contribution in [2.75, 3.05) is 26.2 Å². The largest absolute Gasteiger partial charge is 0.395 e. The molecule has 0 aromatic carbocycles. The van der Waals surface area contributed by atoms with E-state index in [4.69, 9.17) is 5.11 Å². The zero-order valence-electron chi connectivity index (χ0n) is 10.0. The average Bonchev–Trinajstić information content (AvgIpc) is 2.83. The number of aliphatic hydroxyl groups is 1. The first-order chi connectivity index (χ1) is 8.38. The lowest BCUT2D eigenvalue weighted by Gasteiger charge is -2.24. The van der Waals surface area contributed by atoms with Gasteiger partial charge in [0.25, 0.3) is 0 Å². The molecular formula is C12H20N4O. The minimum Gasteiger partial charge on any atom is -0.395 e. The van der Waals surface area contributed by atoms with Gasteiger partial charge in [0.2, 0.25) is 0 Å². The van der Waals surface area contributed by atoms with Gasteiger partial charge in [-0.15, -0.1) is 0 Å². The average molecular weight is 236 g/mol.